The van der Waals surface area contributed by atoms with Crippen LogP contribution in [-0.4, -0.2) is 41.8 Å². The van der Waals surface area contributed by atoms with Gasteiger partial charge in [-0.1, -0.05) is 20.8 Å². The van der Waals surface area contributed by atoms with Crippen molar-refractivity contribution in [1.29, 1.82) is 0 Å². The van der Waals surface area contributed by atoms with Gasteiger partial charge in [-0.2, -0.15) is 4.31 Å². The predicted octanol–water partition coefficient (Wildman–Crippen LogP) is 2.11. The zero-order valence-electron chi connectivity index (χ0n) is 12.9. The molecular formula is C14H24N4O2S. The number of rotatable bonds is 6. The molecule has 1 unspecified atom stereocenters. The van der Waals surface area contributed by atoms with Crippen molar-refractivity contribution in [2.24, 2.45) is 5.92 Å². The van der Waals surface area contributed by atoms with Crippen LogP contribution in [0.25, 0.3) is 0 Å². The van der Waals surface area contributed by atoms with Crippen LogP contribution in [0.3, 0.4) is 0 Å². The topological polar surface area (TPSA) is 75.2 Å². The SMILES string of the molecule is CCCNc1ncc(S(=O)(=O)N2CCCC2C(C)C)cn1. The number of aromatic nitrogens is 2. The van der Waals surface area contributed by atoms with Crippen molar-refractivity contribution in [3.8, 4) is 0 Å². The molecular weight excluding hydrogens is 288 g/mol. The minimum absolute atomic E-state index is 0.0768. The minimum atomic E-state index is -3.49. The highest BCUT2D eigenvalue weighted by Gasteiger charge is 2.37. The lowest BCUT2D eigenvalue weighted by atomic mass is 10.0. The van der Waals surface area contributed by atoms with Gasteiger partial charge in [-0.15, -0.1) is 0 Å². The molecule has 1 saturated heterocycles. The summed E-state index contributed by atoms with van der Waals surface area (Å²) in [7, 11) is -3.49. The highest BCUT2D eigenvalue weighted by molar-refractivity contribution is 7.89. The summed E-state index contributed by atoms with van der Waals surface area (Å²) in [5, 5.41) is 3.04. The number of hydrogen-bond acceptors (Lipinski definition) is 5. The standard InChI is InChI=1S/C14H24N4O2S/c1-4-7-15-14-16-9-12(10-17-14)21(19,20)18-8-5-6-13(18)11(2)3/h9-11,13H,4-8H2,1-3H3,(H,15,16,17). The van der Waals surface area contributed by atoms with Crippen LogP contribution in [0.2, 0.25) is 0 Å². The van der Waals surface area contributed by atoms with Crippen molar-refractivity contribution in [1.82, 2.24) is 14.3 Å². The maximum absolute atomic E-state index is 12.7. The van der Waals surface area contributed by atoms with E-state index in [1.807, 2.05) is 6.92 Å². The summed E-state index contributed by atoms with van der Waals surface area (Å²) >= 11 is 0. The van der Waals surface area contributed by atoms with E-state index >= 15 is 0 Å². The zero-order chi connectivity index (χ0) is 15.5. The highest BCUT2D eigenvalue weighted by atomic mass is 32.2. The van der Waals surface area contributed by atoms with Gasteiger partial charge in [0.2, 0.25) is 16.0 Å². The maximum Gasteiger partial charge on any atom is 0.246 e. The lowest BCUT2D eigenvalue weighted by Gasteiger charge is -2.26. The minimum Gasteiger partial charge on any atom is -0.354 e. The second-order valence-corrected chi connectivity index (χ2v) is 7.63. The molecule has 1 fully saturated rings. The predicted molar refractivity (Wildman–Crippen MR) is 82.6 cm³/mol. The smallest absolute Gasteiger partial charge is 0.246 e. The molecule has 0 aromatic carbocycles. The van der Waals surface area contributed by atoms with E-state index in [1.165, 1.54) is 12.4 Å². The van der Waals surface area contributed by atoms with Crippen molar-refractivity contribution in [2.45, 2.75) is 51.0 Å². The van der Waals surface area contributed by atoms with Crippen LogP contribution in [0.5, 0.6) is 0 Å². The van der Waals surface area contributed by atoms with Crippen molar-refractivity contribution < 1.29 is 8.42 Å². The largest absolute Gasteiger partial charge is 0.354 e. The Morgan fingerprint density at radius 2 is 2.05 bits per heavy atom. The molecule has 1 aliphatic rings. The average Bonchev–Trinajstić information content (AvgIpc) is 2.96. The van der Waals surface area contributed by atoms with Crippen LogP contribution in [0.15, 0.2) is 17.3 Å². The molecule has 0 radical (unpaired) electrons. The molecule has 1 aliphatic heterocycles. The van der Waals surface area contributed by atoms with Crippen LogP contribution in [0, 0.1) is 5.92 Å². The first kappa shape index (κ1) is 16.2. The first-order valence-corrected chi connectivity index (χ1v) is 8.98. The fourth-order valence-electron chi connectivity index (χ4n) is 2.64. The third-order valence-corrected chi connectivity index (χ3v) is 5.66. The molecule has 0 spiro atoms. The summed E-state index contributed by atoms with van der Waals surface area (Å²) < 4.78 is 27.0. The quantitative estimate of drug-likeness (QED) is 0.870. The van der Waals surface area contributed by atoms with Gasteiger partial charge in [0, 0.05) is 19.1 Å². The van der Waals surface area contributed by atoms with E-state index in [2.05, 4.69) is 29.1 Å². The van der Waals surface area contributed by atoms with Crippen molar-refractivity contribution in [3.63, 3.8) is 0 Å². The van der Waals surface area contributed by atoms with E-state index in [1.54, 1.807) is 4.31 Å². The highest BCUT2D eigenvalue weighted by Crippen LogP contribution is 2.29. The van der Waals surface area contributed by atoms with Gasteiger partial charge in [0.25, 0.3) is 0 Å². The average molecular weight is 312 g/mol. The number of nitrogens with one attached hydrogen (secondary N) is 1. The molecule has 1 atom stereocenters. The summed E-state index contributed by atoms with van der Waals surface area (Å²) in [6.45, 7) is 7.53. The number of hydrogen-bond donors (Lipinski definition) is 1. The molecule has 0 saturated carbocycles. The Labute approximate surface area is 127 Å². The normalized spacial score (nSPS) is 20.1. The van der Waals surface area contributed by atoms with Crippen molar-refractivity contribution >= 4 is 16.0 Å². The number of nitrogens with zero attached hydrogens (tertiary/aromatic N) is 3. The van der Waals surface area contributed by atoms with Gasteiger partial charge in [-0.05, 0) is 25.2 Å². The fraction of sp³-hybridized carbons (Fsp3) is 0.714. The van der Waals surface area contributed by atoms with E-state index in [0.29, 0.717) is 18.4 Å². The van der Waals surface area contributed by atoms with E-state index < -0.39 is 10.0 Å². The van der Waals surface area contributed by atoms with Crippen molar-refractivity contribution in [3.05, 3.63) is 12.4 Å². The van der Waals surface area contributed by atoms with E-state index in [9.17, 15) is 8.42 Å². The van der Waals surface area contributed by atoms with Crippen molar-refractivity contribution in [2.75, 3.05) is 18.4 Å². The molecule has 1 N–H and O–H groups in total. The second-order valence-electron chi connectivity index (χ2n) is 5.74. The Morgan fingerprint density at radius 1 is 1.38 bits per heavy atom. The monoisotopic (exact) mass is 312 g/mol. The molecule has 118 valence electrons. The Balaban J connectivity index is 2.19. The molecule has 0 amide bonds. The zero-order valence-corrected chi connectivity index (χ0v) is 13.7. The lowest BCUT2D eigenvalue weighted by Crippen LogP contribution is -2.38. The summed E-state index contributed by atoms with van der Waals surface area (Å²) in [4.78, 5) is 8.37. The van der Waals surface area contributed by atoms with Crippen LogP contribution in [0.1, 0.15) is 40.0 Å². The van der Waals surface area contributed by atoms with E-state index in [0.717, 1.165) is 25.8 Å². The molecule has 1 aromatic heterocycles. The Morgan fingerprint density at radius 3 is 2.62 bits per heavy atom. The van der Waals surface area contributed by atoms with E-state index in [-0.39, 0.29) is 10.9 Å². The molecule has 2 rings (SSSR count). The maximum atomic E-state index is 12.7. The first-order valence-electron chi connectivity index (χ1n) is 7.54. The van der Waals surface area contributed by atoms with Gasteiger partial charge < -0.3 is 5.32 Å². The summed E-state index contributed by atoms with van der Waals surface area (Å²) in [5.41, 5.74) is 0. The fourth-order valence-corrected chi connectivity index (χ4v) is 4.36. The Kier molecular flexibility index (Phi) is 5.16. The summed E-state index contributed by atoms with van der Waals surface area (Å²) in [6, 6.07) is 0.0768. The van der Waals surface area contributed by atoms with Gasteiger partial charge in [0.15, 0.2) is 0 Å². The Bertz CT molecular complexity index is 557. The Hall–Kier alpha value is -1.21. The number of anilines is 1. The van der Waals surface area contributed by atoms with Gasteiger partial charge >= 0.3 is 0 Å². The molecule has 1 aromatic rings. The molecule has 0 aliphatic carbocycles. The first-order chi connectivity index (χ1) is 9.96. The third kappa shape index (κ3) is 3.52. The van der Waals surface area contributed by atoms with Gasteiger partial charge in [-0.3, -0.25) is 0 Å². The molecule has 21 heavy (non-hydrogen) atoms. The second kappa shape index (κ2) is 6.70. The van der Waals surface area contributed by atoms with Crippen LogP contribution >= 0.6 is 0 Å². The van der Waals surface area contributed by atoms with Gasteiger partial charge in [0.05, 0.1) is 12.4 Å². The summed E-state index contributed by atoms with van der Waals surface area (Å²) in [5.74, 6) is 0.784. The molecule has 2 heterocycles. The van der Waals surface area contributed by atoms with Crippen LogP contribution < -0.4 is 5.32 Å². The number of sulfonamides is 1. The van der Waals surface area contributed by atoms with Crippen LogP contribution in [-0.2, 0) is 10.0 Å². The summed E-state index contributed by atoms with van der Waals surface area (Å²) in [6.07, 6.45) is 5.60. The van der Waals surface area contributed by atoms with Gasteiger partial charge in [0.1, 0.15) is 4.90 Å². The molecule has 0 bridgehead atoms. The molecule has 7 heteroatoms. The lowest BCUT2D eigenvalue weighted by molar-refractivity contribution is 0.315. The van der Waals surface area contributed by atoms with E-state index in [4.69, 9.17) is 0 Å². The molecule has 6 nitrogen and oxygen atoms in total. The van der Waals surface area contributed by atoms with Crippen LogP contribution in [0.4, 0.5) is 5.95 Å². The van der Waals surface area contributed by atoms with Gasteiger partial charge in [-0.25, -0.2) is 18.4 Å². The third-order valence-electron chi connectivity index (χ3n) is 3.79.